The molecule has 0 aliphatic carbocycles. The maximum absolute atomic E-state index is 14.1. The zero-order valence-electron chi connectivity index (χ0n) is 15.3. The van der Waals surface area contributed by atoms with Gasteiger partial charge in [-0.3, -0.25) is 4.98 Å². The Morgan fingerprint density at radius 2 is 1.69 bits per heavy atom. The van der Waals surface area contributed by atoms with Crippen molar-refractivity contribution in [2.45, 2.75) is 4.90 Å². The largest absolute Gasteiger partial charge is 0.457 e. The van der Waals surface area contributed by atoms with E-state index in [1.165, 1.54) is 24.4 Å². The van der Waals surface area contributed by atoms with E-state index in [-0.39, 0.29) is 10.4 Å². The van der Waals surface area contributed by atoms with E-state index >= 15 is 0 Å². The lowest BCUT2D eigenvalue weighted by atomic mass is 10.0. The molecule has 3 aromatic carbocycles. The van der Waals surface area contributed by atoms with Crippen LogP contribution in [0.15, 0.2) is 77.8 Å². The number of fused-ring (bicyclic) bond motifs is 1. The minimum absolute atomic E-state index is 0.166. The fourth-order valence-electron chi connectivity index (χ4n) is 3.05. The molecule has 0 fully saturated rings. The predicted octanol–water partition coefficient (Wildman–Crippen LogP) is 5.89. The first-order valence-electron chi connectivity index (χ1n) is 8.64. The van der Waals surface area contributed by atoms with Gasteiger partial charge in [-0.2, -0.15) is 0 Å². The van der Waals surface area contributed by atoms with E-state index in [2.05, 4.69) is 4.98 Å². The van der Waals surface area contributed by atoms with Crippen molar-refractivity contribution in [3.8, 4) is 22.6 Å². The highest BCUT2D eigenvalue weighted by Gasteiger charge is 2.13. The lowest BCUT2D eigenvalue weighted by Gasteiger charge is -2.12. The highest BCUT2D eigenvalue weighted by atomic mass is 35.5. The molecule has 0 aliphatic heterocycles. The lowest BCUT2D eigenvalue weighted by Crippen LogP contribution is -1.97. The molecule has 0 spiro atoms. The summed E-state index contributed by atoms with van der Waals surface area (Å²) in [4.78, 5) is 4.28. The number of nitrogens with zero attached hydrogens (tertiary/aromatic N) is 1. The van der Waals surface area contributed by atoms with E-state index in [9.17, 15) is 12.8 Å². The van der Waals surface area contributed by atoms with E-state index in [4.69, 9.17) is 16.3 Å². The second-order valence-electron chi connectivity index (χ2n) is 6.49. The number of pyridine rings is 1. The molecule has 4 aromatic rings. The number of sulfone groups is 1. The van der Waals surface area contributed by atoms with Crippen LogP contribution in [0.4, 0.5) is 4.39 Å². The van der Waals surface area contributed by atoms with Gasteiger partial charge in [-0.05, 0) is 54.1 Å². The van der Waals surface area contributed by atoms with Gasteiger partial charge in [-0.1, -0.05) is 29.8 Å². The van der Waals surface area contributed by atoms with Crippen LogP contribution in [-0.2, 0) is 9.84 Å². The molecule has 0 saturated carbocycles. The molecule has 0 aliphatic rings. The zero-order chi connectivity index (χ0) is 20.6. The number of rotatable bonds is 4. The SMILES string of the molecule is CS(=O)(=O)c1cccc(Oc2ccc(Cl)c(-c3ccnc4c(F)cccc34)c2)c1. The Kier molecular flexibility index (Phi) is 4.98. The number of para-hydroxylation sites is 1. The Hall–Kier alpha value is -2.96. The van der Waals surface area contributed by atoms with Crippen LogP contribution in [0.1, 0.15) is 0 Å². The third-order valence-corrected chi connectivity index (χ3v) is 5.86. The topological polar surface area (TPSA) is 56.3 Å². The van der Waals surface area contributed by atoms with Gasteiger partial charge in [-0.15, -0.1) is 0 Å². The van der Waals surface area contributed by atoms with Crippen LogP contribution in [-0.4, -0.2) is 19.7 Å². The molecule has 1 aromatic heterocycles. The molecule has 1 heterocycles. The number of halogens is 2. The number of ether oxygens (including phenoxy) is 1. The Morgan fingerprint density at radius 1 is 0.931 bits per heavy atom. The minimum atomic E-state index is -3.35. The van der Waals surface area contributed by atoms with E-state index in [1.807, 2.05) is 0 Å². The highest BCUT2D eigenvalue weighted by Crippen LogP contribution is 2.37. The third kappa shape index (κ3) is 3.95. The summed E-state index contributed by atoms with van der Waals surface area (Å²) in [5.41, 5.74) is 1.63. The molecule has 0 radical (unpaired) electrons. The maximum Gasteiger partial charge on any atom is 0.175 e. The molecular formula is C22H15ClFNO3S. The molecule has 29 heavy (non-hydrogen) atoms. The molecule has 0 N–H and O–H groups in total. The third-order valence-electron chi connectivity index (χ3n) is 4.42. The van der Waals surface area contributed by atoms with Crippen LogP contribution < -0.4 is 4.74 Å². The number of hydrogen-bond donors (Lipinski definition) is 0. The monoisotopic (exact) mass is 427 g/mol. The summed E-state index contributed by atoms with van der Waals surface area (Å²) in [6.07, 6.45) is 2.67. The van der Waals surface area contributed by atoms with Gasteiger partial charge in [0.25, 0.3) is 0 Å². The molecule has 0 atom stereocenters. The normalized spacial score (nSPS) is 11.6. The van der Waals surface area contributed by atoms with Gasteiger partial charge < -0.3 is 4.74 Å². The van der Waals surface area contributed by atoms with Crippen LogP contribution in [0, 0.1) is 5.82 Å². The fourth-order valence-corrected chi connectivity index (χ4v) is 3.93. The summed E-state index contributed by atoms with van der Waals surface area (Å²) < 4.78 is 43.5. The summed E-state index contributed by atoms with van der Waals surface area (Å²) in [6.45, 7) is 0. The first-order valence-corrected chi connectivity index (χ1v) is 10.9. The smallest absolute Gasteiger partial charge is 0.175 e. The molecular weight excluding hydrogens is 413 g/mol. The minimum Gasteiger partial charge on any atom is -0.457 e. The number of aromatic nitrogens is 1. The molecule has 4 nitrogen and oxygen atoms in total. The molecule has 0 amide bonds. The van der Waals surface area contributed by atoms with Gasteiger partial charge in [-0.25, -0.2) is 12.8 Å². The van der Waals surface area contributed by atoms with Gasteiger partial charge in [0.15, 0.2) is 9.84 Å². The van der Waals surface area contributed by atoms with Crippen molar-refractivity contribution in [2.75, 3.05) is 6.26 Å². The molecule has 0 unspecified atom stereocenters. The molecule has 7 heteroatoms. The summed E-state index contributed by atoms with van der Waals surface area (Å²) in [5, 5.41) is 1.10. The van der Waals surface area contributed by atoms with Crippen molar-refractivity contribution in [2.24, 2.45) is 0 Å². The van der Waals surface area contributed by atoms with Crippen molar-refractivity contribution < 1.29 is 17.5 Å². The second-order valence-corrected chi connectivity index (χ2v) is 8.91. The first kappa shape index (κ1) is 19.4. The number of benzene rings is 3. The molecule has 0 saturated heterocycles. The number of hydrogen-bond acceptors (Lipinski definition) is 4. The van der Waals surface area contributed by atoms with Gasteiger partial charge >= 0.3 is 0 Å². The molecule has 0 bridgehead atoms. The van der Waals surface area contributed by atoms with Gasteiger partial charge in [0.2, 0.25) is 0 Å². The molecule has 146 valence electrons. The van der Waals surface area contributed by atoms with E-state index < -0.39 is 15.7 Å². The summed E-state index contributed by atoms with van der Waals surface area (Å²) >= 11 is 6.41. The fraction of sp³-hybridized carbons (Fsp3) is 0.0455. The maximum atomic E-state index is 14.1. The summed E-state index contributed by atoms with van der Waals surface area (Å²) in [5.74, 6) is 0.439. The second kappa shape index (κ2) is 7.46. The summed E-state index contributed by atoms with van der Waals surface area (Å²) in [6, 6.07) is 17.9. The van der Waals surface area contributed by atoms with Crippen LogP contribution >= 0.6 is 11.6 Å². The average Bonchev–Trinajstić information content (AvgIpc) is 2.69. The van der Waals surface area contributed by atoms with Crippen molar-refractivity contribution >= 4 is 32.3 Å². The van der Waals surface area contributed by atoms with Gasteiger partial charge in [0.05, 0.1) is 4.90 Å². The molecule has 4 rings (SSSR count). The summed E-state index contributed by atoms with van der Waals surface area (Å²) in [7, 11) is -3.35. The Balaban J connectivity index is 1.78. The van der Waals surface area contributed by atoms with Crippen molar-refractivity contribution in [1.82, 2.24) is 4.98 Å². The highest BCUT2D eigenvalue weighted by molar-refractivity contribution is 7.90. The van der Waals surface area contributed by atoms with Crippen LogP contribution in [0.5, 0.6) is 11.5 Å². The standard InChI is InChI=1S/C22H15ClFNO3S/c1-29(26,27)16-5-2-4-14(12-16)28-15-8-9-20(23)19(13-15)17-10-11-25-22-18(17)6-3-7-21(22)24/h2-13H,1H3. The van der Waals surface area contributed by atoms with Crippen molar-refractivity contribution in [3.63, 3.8) is 0 Å². The van der Waals surface area contributed by atoms with Crippen molar-refractivity contribution in [3.05, 3.63) is 83.8 Å². The Bertz CT molecular complexity index is 1340. The van der Waals surface area contributed by atoms with Crippen LogP contribution in [0.25, 0.3) is 22.0 Å². The zero-order valence-corrected chi connectivity index (χ0v) is 16.8. The Labute approximate surface area is 172 Å². The van der Waals surface area contributed by atoms with Gasteiger partial charge in [0, 0.05) is 28.4 Å². The Morgan fingerprint density at radius 3 is 2.48 bits per heavy atom. The van der Waals surface area contributed by atoms with E-state index in [0.29, 0.717) is 27.5 Å². The van der Waals surface area contributed by atoms with E-state index in [1.54, 1.807) is 48.5 Å². The quantitative estimate of drug-likeness (QED) is 0.407. The lowest BCUT2D eigenvalue weighted by molar-refractivity contribution is 0.481. The average molecular weight is 428 g/mol. The predicted molar refractivity (Wildman–Crippen MR) is 112 cm³/mol. The van der Waals surface area contributed by atoms with Crippen LogP contribution in [0.2, 0.25) is 5.02 Å². The van der Waals surface area contributed by atoms with E-state index in [0.717, 1.165) is 11.8 Å². The van der Waals surface area contributed by atoms with Gasteiger partial charge in [0.1, 0.15) is 22.8 Å². The van der Waals surface area contributed by atoms with Crippen molar-refractivity contribution in [1.29, 1.82) is 0 Å². The first-order chi connectivity index (χ1) is 13.8. The van der Waals surface area contributed by atoms with Crippen LogP contribution in [0.3, 0.4) is 0 Å².